The van der Waals surface area contributed by atoms with Crippen LogP contribution >= 0.6 is 0 Å². The lowest BCUT2D eigenvalue weighted by atomic mass is 9.81. The minimum atomic E-state index is -1.47. The van der Waals surface area contributed by atoms with Crippen LogP contribution in [0, 0.1) is 5.92 Å². The van der Waals surface area contributed by atoms with Crippen molar-refractivity contribution < 1.29 is 14.7 Å². The largest absolute Gasteiger partial charge is 0.379 e. The minimum Gasteiger partial charge on any atom is -0.379 e. The zero-order valence-electron chi connectivity index (χ0n) is 6.41. The molecule has 2 N–H and O–H groups in total. The Kier molecular flexibility index (Phi) is 1.35. The van der Waals surface area contributed by atoms with E-state index in [9.17, 15) is 14.7 Å². The van der Waals surface area contributed by atoms with Gasteiger partial charge in [0.25, 0.3) is 5.91 Å². The number of aliphatic hydroxyl groups is 1. The van der Waals surface area contributed by atoms with Gasteiger partial charge in [0, 0.05) is 6.42 Å². The van der Waals surface area contributed by atoms with Crippen LogP contribution in [0.2, 0.25) is 0 Å². The normalized spacial score (nSPS) is 39.6. The summed E-state index contributed by atoms with van der Waals surface area (Å²) in [5.41, 5.74) is -1.47. The summed E-state index contributed by atoms with van der Waals surface area (Å²) in [5, 5.41) is 11.9. The number of rotatable bonds is 0. The van der Waals surface area contributed by atoms with Crippen molar-refractivity contribution >= 4 is 11.8 Å². The smallest absolute Gasteiger partial charge is 0.259 e. The summed E-state index contributed by atoms with van der Waals surface area (Å²) in [7, 11) is 0. The van der Waals surface area contributed by atoms with Gasteiger partial charge < -0.3 is 5.11 Å². The van der Waals surface area contributed by atoms with Crippen molar-refractivity contribution in [2.75, 3.05) is 0 Å². The lowest BCUT2D eigenvalue weighted by Gasteiger charge is -2.26. The Morgan fingerprint density at radius 2 is 2.25 bits per heavy atom. The average Bonchev–Trinajstić information content (AvgIpc) is 2.25. The zero-order valence-corrected chi connectivity index (χ0v) is 6.41. The van der Waals surface area contributed by atoms with Crippen LogP contribution in [-0.2, 0) is 9.59 Å². The van der Waals surface area contributed by atoms with Gasteiger partial charge in [0.15, 0.2) is 5.60 Å². The fourth-order valence-electron chi connectivity index (χ4n) is 1.71. The molecule has 0 spiro atoms. The Morgan fingerprint density at radius 1 is 1.50 bits per heavy atom. The number of carbonyl (C=O) groups is 2. The molecule has 2 amide bonds. The first-order chi connectivity index (χ1) is 5.64. The summed E-state index contributed by atoms with van der Waals surface area (Å²) >= 11 is 0. The summed E-state index contributed by atoms with van der Waals surface area (Å²) in [4.78, 5) is 22.2. The molecule has 1 aliphatic heterocycles. The lowest BCUT2D eigenvalue weighted by molar-refractivity contribution is -0.138. The number of hydrogen-bond acceptors (Lipinski definition) is 3. The highest BCUT2D eigenvalue weighted by atomic mass is 16.3. The highest BCUT2D eigenvalue weighted by molar-refractivity contribution is 6.09. The molecule has 2 aliphatic rings. The molecule has 0 radical (unpaired) electrons. The van der Waals surface area contributed by atoms with Crippen LogP contribution < -0.4 is 5.32 Å². The number of nitrogens with one attached hydrogen (secondary N) is 1. The molecule has 0 aromatic rings. The van der Waals surface area contributed by atoms with Gasteiger partial charge >= 0.3 is 0 Å². The van der Waals surface area contributed by atoms with Crippen LogP contribution in [0.25, 0.3) is 0 Å². The highest BCUT2D eigenvalue weighted by Gasteiger charge is 2.53. The van der Waals surface area contributed by atoms with Crippen molar-refractivity contribution in [1.82, 2.24) is 5.32 Å². The molecule has 0 bridgehead atoms. The number of allylic oxidation sites excluding steroid dienone is 1. The third-order valence-corrected chi connectivity index (χ3v) is 2.49. The Morgan fingerprint density at radius 3 is 2.92 bits per heavy atom. The molecule has 1 heterocycles. The fraction of sp³-hybridized carbons (Fsp3) is 0.500. The van der Waals surface area contributed by atoms with E-state index in [1.807, 2.05) is 6.08 Å². The van der Waals surface area contributed by atoms with Gasteiger partial charge in [-0.1, -0.05) is 12.2 Å². The quantitative estimate of drug-likeness (QED) is 0.372. The van der Waals surface area contributed by atoms with Crippen molar-refractivity contribution in [3.05, 3.63) is 12.2 Å². The summed E-state index contributed by atoms with van der Waals surface area (Å²) in [6.45, 7) is 0. The molecule has 0 aromatic carbocycles. The molecule has 0 aromatic heterocycles. The van der Waals surface area contributed by atoms with Crippen molar-refractivity contribution in [2.24, 2.45) is 5.92 Å². The molecule has 0 unspecified atom stereocenters. The lowest BCUT2D eigenvalue weighted by Crippen LogP contribution is -2.43. The molecule has 64 valence electrons. The van der Waals surface area contributed by atoms with Crippen LogP contribution in [0.4, 0.5) is 0 Å². The molecule has 1 aliphatic carbocycles. The Bertz CT molecular complexity index is 284. The molecule has 2 rings (SSSR count). The SMILES string of the molecule is O=C1NC(=O)[C@@]2(O)CC=CC[C@@H]12. The molecule has 2 atom stereocenters. The maximum absolute atomic E-state index is 11.1. The third-order valence-electron chi connectivity index (χ3n) is 2.49. The monoisotopic (exact) mass is 167 g/mol. The van der Waals surface area contributed by atoms with Crippen LogP contribution in [-0.4, -0.2) is 22.5 Å². The molecular formula is C8H9NO3. The van der Waals surface area contributed by atoms with Crippen LogP contribution in [0.15, 0.2) is 12.2 Å². The second kappa shape index (κ2) is 2.17. The molecule has 4 heteroatoms. The van der Waals surface area contributed by atoms with Crippen molar-refractivity contribution in [3.63, 3.8) is 0 Å². The predicted molar refractivity (Wildman–Crippen MR) is 40.0 cm³/mol. The van der Waals surface area contributed by atoms with E-state index in [4.69, 9.17) is 0 Å². The standard InChI is InChI=1S/C8H9NO3/c10-6-5-3-1-2-4-8(5,12)7(11)9-6/h1-2,5,12H,3-4H2,(H,9,10,11)/t5-,8+/m0/s1. The number of carbonyl (C=O) groups excluding carboxylic acids is 2. The number of amides is 2. The summed E-state index contributed by atoms with van der Waals surface area (Å²) in [6.07, 6.45) is 4.25. The maximum atomic E-state index is 11.1. The van der Waals surface area contributed by atoms with Crippen molar-refractivity contribution in [1.29, 1.82) is 0 Å². The van der Waals surface area contributed by atoms with E-state index < -0.39 is 17.4 Å². The summed E-state index contributed by atoms with van der Waals surface area (Å²) in [5.74, 6) is -1.48. The van der Waals surface area contributed by atoms with E-state index in [0.29, 0.717) is 6.42 Å². The average molecular weight is 167 g/mol. The van der Waals surface area contributed by atoms with E-state index in [-0.39, 0.29) is 12.3 Å². The van der Waals surface area contributed by atoms with Gasteiger partial charge in [-0.25, -0.2) is 0 Å². The molecule has 1 fully saturated rings. The minimum absolute atomic E-state index is 0.245. The number of imide groups is 1. The number of fused-ring (bicyclic) bond motifs is 1. The molecule has 4 nitrogen and oxygen atoms in total. The van der Waals surface area contributed by atoms with E-state index >= 15 is 0 Å². The van der Waals surface area contributed by atoms with Gasteiger partial charge in [0.1, 0.15) is 0 Å². The molecular weight excluding hydrogens is 158 g/mol. The van der Waals surface area contributed by atoms with E-state index in [0.717, 1.165) is 0 Å². The van der Waals surface area contributed by atoms with E-state index in [1.165, 1.54) is 0 Å². The molecule has 1 saturated heterocycles. The summed E-state index contributed by atoms with van der Waals surface area (Å²) in [6, 6.07) is 0. The van der Waals surface area contributed by atoms with Gasteiger partial charge in [0.2, 0.25) is 5.91 Å². The first-order valence-electron chi connectivity index (χ1n) is 3.87. The Labute approximate surface area is 69.3 Å². The van der Waals surface area contributed by atoms with Gasteiger partial charge in [-0.3, -0.25) is 14.9 Å². The maximum Gasteiger partial charge on any atom is 0.259 e. The first-order valence-corrected chi connectivity index (χ1v) is 3.87. The molecule has 0 saturated carbocycles. The highest BCUT2D eigenvalue weighted by Crippen LogP contribution is 2.34. The van der Waals surface area contributed by atoms with Gasteiger partial charge in [-0.2, -0.15) is 0 Å². The van der Waals surface area contributed by atoms with E-state index in [2.05, 4.69) is 5.32 Å². The fourth-order valence-corrected chi connectivity index (χ4v) is 1.71. The van der Waals surface area contributed by atoms with Crippen LogP contribution in [0.5, 0.6) is 0 Å². The Hall–Kier alpha value is -1.16. The first kappa shape index (κ1) is 7.49. The predicted octanol–water partition coefficient (Wildman–Crippen LogP) is -0.660. The second-order valence-corrected chi connectivity index (χ2v) is 3.21. The van der Waals surface area contributed by atoms with Gasteiger partial charge in [-0.05, 0) is 6.42 Å². The zero-order chi connectivity index (χ0) is 8.77. The Balaban J connectivity index is 2.41. The van der Waals surface area contributed by atoms with Crippen LogP contribution in [0.1, 0.15) is 12.8 Å². The second-order valence-electron chi connectivity index (χ2n) is 3.21. The van der Waals surface area contributed by atoms with Crippen molar-refractivity contribution in [2.45, 2.75) is 18.4 Å². The topological polar surface area (TPSA) is 66.4 Å². The van der Waals surface area contributed by atoms with Gasteiger partial charge in [0.05, 0.1) is 5.92 Å². The van der Waals surface area contributed by atoms with Crippen LogP contribution in [0.3, 0.4) is 0 Å². The summed E-state index contributed by atoms with van der Waals surface area (Å²) < 4.78 is 0. The molecule has 12 heavy (non-hydrogen) atoms. The third kappa shape index (κ3) is 0.754. The van der Waals surface area contributed by atoms with Crippen molar-refractivity contribution in [3.8, 4) is 0 Å². The van der Waals surface area contributed by atoms with Gasteiger partial charge in [-0.15, -0.1) is 0 Å². The number of hydrogen-bond donors (Lipinski definition) is 2. The van der Waals surface area contributed by atoms with E-state index in [1.54, 1.807) is 6.08 Å².